The summed E-state index contributed by atoms with van der Waals surface area (Å²) < 4.78 is 6.96. The molecule has 2 rings (SSSR count). The Morgan fingerprint density at radius 2 is 1.93 bits per heavy atom. The maximum atomic E-state index is 12.1. The number of carboxylic acid groups (broad SMARTS) is 1. The summed E-state index contributed by atoms with van der Waals surface area (Å²) in [5, 5.41) is 20.4. The Balaban J connectivity index is 1.96. The Hall–Kier alpha value is -2.03. The average Bonchev–Trinajstić information content (AvgIpc) is 3.11. The maximum absolute atomic E-state index is 12.1. The van der Waals surface area contributed by atoms with Gasteiger partial charge in [0.2, 0.25) is 0 Å². The van der Waals surface area contributed by atoms with Gasteiger partial charge in [-0.3, -0.25) is 4.79 Å². The Morgan fingerprint density at radius 3 is 2.57 bits per heavy atom. The molecule has 0 aliphatic rings. The highest BCUT2D eigenvalue weighted by Crippen LogP contribution is 2.33. The molecule has 11 heteroatoms. The lowest BCUT2D eigenvalue weighted by molar-refractivity contribution is -0.142. The molecule has 2 unspecified atom stereocenters. The van der Waals surface area contributed by atoms with Crippen molar-refractivity contribution in [2.75, 3.05) is 6.61 Å². The number of nitrogens with one attached hydrogen (secondary N) is 1. The number of rotatable bonds is 9. The second-order valence-electron chi connectivity index (χ2n) is 6.10. The Morgan fingerprint density at radius 1 is 1.25 bits per heavy atom. The molecule has 0 aliphatic carbocycles. The largest absolute Gasteiger partial charge is 0.482 e. The summed E-state index contributed by atoms with van der Waals surface area (Å²) in [6.07, 6.45) is 2.52. The Bertz CT molecular complexity index is 859. The topological polar surface area (TPSA) is 106 Å². The van der Waals surface area contributed by atoms with Crippen molar-refractivity contribution in [3.8, 4) is 5.75 Å². The third kappa shape index (κ3) is 5.98. The number of aromatic nitrogens is 3. The molecule has 0 aliphatic heterocycles. The van der Waals surface area contributed by atoms with E-state index in [0.29, 0.717) is 5.69 Å². The van der Waals surface area contributed by atoms with E-state index in [0.717, 1.165) is 6.42 Å². The summed E-state index contributed by atoms with van der Waals surface area (Å²) in [6.45, 7) is 3.54. The lowest BCUT2D eigenvalue weighted by Crippen LogP contribution is -2.44. The van der Waals surface area contributed by atoms with Gasteiger partial charge in [-0.25, -0.2) is 9.48 Å². The van der Waals surface area contributed by atoms with Crippen molar-refractivity contribution >= 4 is 46.7 Å². The van der Waals surface area contributed by atoms with Crippen LogP contribution in [0, 0.1) is 0 Å². The van der Waals surface area contributed by atoms with Gasteiger partial charge in [0.15, 0.2) is 6.61 Å². The molecular weight excluding hydrogens is 431 g/mol. The van der Waals surface area contributed by atoms with E-state index in [2.05, 4.69) is 15.6 Å². The summed E-state index contributed by atoms with van der Waals surface area (Å²) in [7, 11) is 0. The van der Waals surface area contributed by atoms with Crippen LogP contribution in [0.5, 0.6) is 5.75 Å². The molecule has 0 fully saturated rings. The summed E-state index contributed by atoms with van der Waals surface area (Å²) in [5.74, 6) is -1.67. The number of carbonyl (C=O) groups is 2. The first-order chi connectivity index (χ1) is 13.2. The molecule has 1 aromatic heterocycles. The summed E-state index contributed by atoms with van der Waals surface area (Å²) in [5.41, 5.74) is 0.460. The van der Waals surface area contributed by atoms with Gasteiger partial charge in [0.1, 0.15) is 11.8 Å². The number of hydrogen-bond acceptors (Lipinski definition) is 5. The second-order valence-corrected chi connectivity index (χ2v) is 7.32. The zero-order valence-electron chi connectivity index (χ0n) is 15.2. The van der Waals surface area contributed by atoms with E-state index < -0.39 is 24.5 Å². The van der Waals surface area contributed by atoms with Gasteiger partial charge < -0.3 is 15.2 Å². The minimum absolute atomic E-state index is 0.00889. The zero-order valence-corrected chi connectivity index (χ0v) is 17.4. The first-order valence-corrected chi connectivity index (χ1v) is 9.54. The number of nitrogens with zero attached hydrogens (tertiary/aromatic N) is 3. The minimum Gasteiger partial charge on any atom is -0.482 e. The molecule has 28 heavy (non-hydrogen) atoms. The van der Waals surface area contributed by atoms with E-state index in [4.69, 9.17) is 39.5 Å². The molecule has 0 bridgehead atoms. The van der Waals surface area contributed by atoms with Crippen LogP contribution in [-0.2, 0) is 16.0 Å². The van der Waals surface area contributed by atoms with Gasteiger partial charge in [-0.15, -0.1) is 5.10 Å². The molecule has 1 amide bonds. The van der Waals surface area contributed by atoms with Crippen molar-refractivity contribution in [2.24, 2.45) is 0 Å². The summed E-state index contributed by atoms with van der Waals surface area (Å²) in [4.78, 5) is 23.6. The molecule has 1 heterocycles. The van der Waals surface area contributed by atoms with Gasteiger partial charge in [0, 0.05) is 18.7 Å². The number of carboxylic acids is 1. The van der Waals surface area contributed by atoms with Crippen molar-refractivity contribution in [3.63, 3.8) is 0 Å². The van der Waals surface area contributed by atoms with Crippen LogP contribution in [0.2, 0.25) is 15.1 Å². The molecule has 0 saturated carbocycles. The lowest BCUT2D eigenvalue weighted by atomic mass is 10.1. The standard InChI is InChI=1S/C17H19Cl3N4O4/c1-3-9(2)24-7-10(22-23-24)4-14(17(26)27)21-16(25)8-28-15-6-12(19)11(18)5-13(15)20/h5-7,9,14H,3-4,8H2,1-2H3,(H,21,25)(H,26,27). The summed E-state index contributed by atoms with van der Waals surface area (Å²) in [6, 6.07) is 1.73. The van der Waals surface area contributed by atoms with E-state index >= 15 is 0 Å². The third-order valence-electron chi connectivity index (χ3n) is 3.98. The van der Waals surface area contributed by atoms with Gasteiger partial charge in [-0.05, 0) is 19.4 Å². The predicted molar refractivity (Wildman–Crippen MR) is 105 cm³/mol. The van der Waals surface area contributed by atoms with Crippen LogP contribution >= 0.6 is 34.8 Å². The number of carbonyl (C=O) groups excluding carboxylic acids is 1. The van der Waals surface area contributed by atoms with Crippen LogP contribution in [0.3, 0.4) is 0 Å². The van der Waals surface area contributed by atoms with Gasteiger partial charge in [0.25, 0.3) is 5.91 Å². The van der Waals surface area contributed by atoms with Gasteiger partial charge in [-0.1, -0.05) is 46.9 Å². The molecule has 8 nitrogen and oxygen atoms in total. The van der Waals surface area contributed by atoms with Gasteiger partial charge in [0.05, 0.1) is 26.8 Å². The molecular formula is C17H19Cl3N4O4. The first-order valence-electron chi connectivity index (χ1n) is 8.41. The van der Waals surface area contributed by atoms with Gasteiger partial charge in [-0.2, -0.15) is 0 Å². The second kappa shape index (κ2) is 9.95. The number of amides is 1. The van der Waals surface area contributed by atoms with E-state index in [1.165, 1.54) is 12.1 Å². The molecule has 1 aromatic carbocycles. The molecule has 2 N–H and O–H groups in total. The lowest BCUT2D eigenvalue weighted by Gasteiger charge is -2.14. The van der Waals surface area contributed by atoms with Crippen LogP contribution in [0.4, 0.5) is 0 Å². The molecule has 0 radical (unpaired) electrons. The van der Waals surface area contributed by atoms with Crippen molar-refractivity contribution in [2.45, 2.75) is 38.8 Å². The van der Waals surface area contributed by atoms with Crippen molar-refractivity contribution < 1.29 is 19.4 Å². The number of benzene rings is 1. The first kappa shape index (κ1) is 22.3. The monoisotopic (exact) mass is 448 g/mol. The fourth-order valence-electron chi connectivity index (χ4n) is 2.21. The van der Waals surface area contributed by atoms with Crippen LogP contribution in [-0.4, -0.2) is 44.6 Å². The Labute approximate surface area is 176 Å². The van der Waals surface area contributed by atoms with Crippen LogP contribution in [0.15, 0.2) is 18.3 Å². The molecule has 152 valence electrons. The van der Waals surface area contributed by atoms with E-state index in [-0.39, 0.29) is 33.3 Å². The van der Waals surface area contributed by atoms with Crippen molar-refractivity contribution in [1.82, 2.24) is 20.3 Å². The zero-order chi connectivity index (χ0) is 20.8. The maximum Gasteiger partial charge on any atom is 0.326 e. The third-order valence-corrected chi connectivity index (χ3v) is 5.00. The fourth-order valence-corrected chi connectivity index (χ4v) is 2.80. The quantitative estimate of drug-likeness (QED) is 0.568. The highest BCUT2D eigenvalue weighted by atomic mass is 35.5. The normalized spacial score (nSPS) is 13.0. The number of halogens is 3. The van der Waals surface area contributed by atoms with Crippen LogP contribution < -0.4 is 10.1 Å². The molecule has 2 atom stereocenters. The van der Waals surface area contributed by atoms with Crippen molar-refractivity contribution in [1.29, 1.82) is 0 Å². The summed E-state index contributed by atoms with van der Waals surface area (Å²) >= 11 is 17.7. The highest BCUT2D eigenvalue weighted by molar-refractivity contribution is 6.43. The van der Waals surface area contributed by atoms with Crippen LogP contribution in [0.1, 0.15) is 32.0 Å². The fraction of sp³-hybridized carbons (Fsp3) is 0.412. The average molecular weight is 450 g/mol. The van der Waals surface area contributed by atoms with E-state index in [9.17, 15) is 14.7 Å². The molecule has 0 saturated heterocycles. The SMILES string of the molecule is CCC(C)n1cc(CC(NC(=O)COc2cc(Cl)c(Cl)cc2Cl)C(=O)O)nn1. The number of aliphatic carboxylic acids is 1. The van der Waals surface area contributed by atoms with E-state index in [1.807, 2.05) is 13.8 Å². The van der Waals surface area contributed by atoms with Crippen molar-refractivity contribution in [3.05, 3.63) is 39.1 Å². The molecule has 2 aromatic rings. The van der Waals surface area contributed by atoms with E-state index in [1.54, 1.807) is 10.9 Å². The number of hydrogen-bond donors (Lipinski definition) is 2. The number of ether oxygens (including phenoxy) is 1. The Kier molecular flexibility index (Phi) is 7.91. The smallest absolute Gasteiger partial charge is 0.326 e. The van der Waals surface area contributed by atoms with Crippen LogP contribution in [0.25, 0.3) is 0 Å². The highest BCUT2D eigenvalue weighted by Gasteiger charge is 2.23. The molecule has 0 spiro atoms. The van der Waals surface area contributed by atoms with Gasteiger partial charge >= 0.3 is 5.97 Å². The predicted octanol–water partition coefficient (Wildman–Crippen LogP) is 3.40. The minimum atomic E-state index is -1.20.